The van der Waals surface area contributed by atoms with Crippen molar-refractivity contribution in [2.75, 3.05) is 72.7 Å². The van der Waals surface area contributed by atoms with Crippen LogP contribution >= 0.6 is 0 Å². The van der Waals surface area contributed by atoms with Gasteiger partial charge in [0.15, 0.2) is 0 Å². The van der Waals surface area contributed by atoms with Crippen LogP contribution in [0.25, 0.3) is 0 Å². The van der Waals surface area contributed by atoms with Crippen LogP contribution in [0.2, 0.25) is 6.55 Å². The Hall–Kier alpha value is 0.484. The minimum absolute atomic E-state index is 0.119. The third-order valence-electron chi connectivity index (χ3n) is 4.76. The van der Waals surface area contributed by atoms with Gasteiger partial charge in [-0.3, -0.25) is 0 Å². The highest BCUT2D eigenvalue weighted by Gasteiger charge is 2.70. The third-order valence-corrected chi connectivity index (χ3v) is 20.7. The monoisotopic (exact) mass is 714 g/mol. The second kappa shape index (κ2) is 22.9. The minimum Gasteiger partial charge on any atom is -0.374 e. The Morgan fingerprint density at radius 2 is 0.442 bits per heavy atom. The lowest BCUT2D eigenvalue weighted by atomic mass is 10.9. The molecule has 0 aromatic rings. The second-order valence-corrected chi connectivity index (χ2v) is 20.2. The van der Waals surface area contributed by atoms with Crippen LogP contribution in [-0.2, 0) is 65.1 Å². The molecule has 260 valence electrons. The van der Waals surface area contributed by atoms with E-state index in [9.17, 15) is 0 Å². The van der Waals surface area contributed by atoms with Crippen LogP contribution in [0, 0.1) is 0 Å². The minimum atomic E-state index is -4.39. The Morgan fingerprint density at radius 1 is 0.256 bits per heavy atom. The van der Waals surface area contributed by atoms with Gasteiger partial charge in [-0.15, -0.1) is 0 Å². The highest BCUT2D eigenvalue weighted by Crippen LogP contribution is 2.31. The normalized spacial score (nSPS) is 13.7. The van der Waals surface area contributed by atoms with Crippen molar-refractivity contribution < 1.29 is 65.1 Å². The summed E-state index contributed by atoms with van der Waals surface area (Å²) in [7, 11) is -20.1. The number of hydrogen-bond donors (Lipinski definition) is 0. The van der Waals surface area contributed by atoms with Crippen molar-refractivity contribution >= 4 is 45.0 Å². The van der Waals surface area contributed by atoms with Crippen molar-refractivity contribution in [1.82, 2.24) is 0 Å². The van der Waals surface area contributed by atoms with Crippen molar-refractivity contribution in [1.29, 1.82) is 0 Å². The van der Waals surface area contributed by atoms with E-state index in [-0.39, 0.29) is 59.5 Å². The summed E-state index contributed by atoms with van der Waals surface area (Å²) in [6.07, 6.45) is 0. The zero-order chi connectivity index (χ0) is 32.9. The summed E-state index contributed by atoms with van der Waals surface area (Å²) in [5, 5.41) is 0. The van der Waals surface area contributed by atoms with Crippen LogP contribution in [0.5, 0.6) is 0 Å². The van der Waals surface area contributed by atoms with Crippen molar-refractivity contribution in [3.63, 3.8) is 0 Å². The van der Waals surface area contributed by atoms with E-state index in [1.165, 1.54) is 0 Å². The molecule has 0 spiro atoms. The van der Waals surface area contributed by atoms with Crippen molar-refractivity contribution in [2.24, 2.45) is 0 Å². The summed E-state index contributed by atoms with van der Waals surface area (Å²) in [6.45, 7) is 23.7. The van der Waals surface area contributed by atoms with Gasteiger partial charge in [0.05, 0.1) is 0 Å². The van der Waals surface area contributed by atoms with Gasteiger partial charge in [-0.1, -0.05) is 0 Å². The second-order valence-electron chi connectivity index (χ2n) is 8.03. The van der Waals surface area contributed by atoms with E-state index in [0.29, 0.717) is 13.2 Å². The highest BCUT2D eigenvalue weighted by atomic mass is 28.5. The Labute approximate surface area is 265 Å². The lowest BCUT2D eigenvalue weighted by Gasteiger charge is -2.42. The molecule has 0 aliphatic heterocycles. The molecule has 0 N–H and O–H groups in total. The summed E-state index contributed by atoms with van der Waals surface area (Å²) in [5.41, 5.74) is 0. The summed E-state index contributed by atoms with van der Waals surface area (Å²) < 4.78 is 92.9. The molecule has 0 amide bonds. The van der Waals surface area contributed by atoms with Gasteiger partial charge in [-0.25, -0.2) is 0 Å². The van der Waals surface area contributed by atoms with Crippen LogP contribution in [0.4, 0.5) is 0 Å². The summed E-state index contributed by atoms with van der Waals surface area (Å²) >= 11 is 0. The molecule has 0 atom stereocenters. The summed E-state index contributed by atoms with van der Waals surface area (Å²) in [4.78, 5) is 0. The standard InChI is InChI=1S/C23H58O15Si5/c1-13-24-39(12,25-14-2)35-41(29-18-6,30-19-7)37-43(33-22-10,34-23-11)38-42(31-20-8,32-21-9)36-40(26-15-3,27-16-4)28-17-5/h13-23H2,1-12H3. The van der Waals surface area contributed by atoms with Gasteiger partial charge >= 0.3 is 45.0 Å². The molecule has 0 radical (unpaired) electrons. The SMILES string of the molecule is CCO[Si](C)(OCC)O[Si](OCC)(OCC)O[Si](OCC)(OCC)O[Si](OCC)(OCC)O[Si](OCC)(OCC)OCC. The first-order chi connectivity index (χ1) is 20.5. The lowest BCUT2D eigenvalue weighted by Crippen LogP contribution is -2.71. The molecule has 0 heterocycles. The fourth-order valence-electron chi connectivity index (χ4n) is 3.66. The largest absolute Gasteiger partial charge is 0.673 e. The van der Waals surface area contributed by atoms with Crippen LogP contribution < -0.4 is 0 Å². The molecule has 0 saturated heterocycles. The first-order valence-corrected chi connectivity index (χ1v) is 24.1. The molecule has 0 rings (SSSR count). The smallest absolute Gasteiger partial charge is 0.374 e. The fourth-order valence-corrected chi connectivity index (χ4v) is 19.6. The third kappa shape index (κ3) is 14.8. The Morgan fingerprint density at radius 3 is 0.674 bits per heavy atom. The van der Waals surface area contributed by atoms with E-state index >= 15 is 0 Å². The van der Waals surface area contributed by atoms with E-state index in [1.54, 1.807) is 68.9 Å². The fraction of sp³-hybridized carbons (Fsp3) is 1.00. The highest BCUT2D eigenvalue weighted by molar-refractivity contribution is 6.80. The predicted molar refractivity (Wildman–Crippen MR) is 167 cm³/mol. The molecule has 0 aromatic carbocycles. The van der Waals surface area contributed by atoms with Crippen LogP contribution in [0.3, 0.4) is 0 Å². The van der Waals surface area contributed by atoms with Gasteiger partial charge in [-0.05, 0) is 76.2 Å². The van der Waals surface area contributed by atoms with E-state index in [0.717, 1.165) is 0 Å². The number of rotatable bonds is 30. The zero-order valence-corrected chi connectivity index (χ0v) is 33.4. The molecule has 0 bridgehead atoms. The topological polar surface area (TPSA) is 138 Å². The van der Waals surface area contributed by atoms with E-state index < -0.39 is 45.0 Å². The molecule has 0 fully saturated rings. The quantitative estimate of drug-likeness (QED) is 0.0998. The van der Waals surface area contributed by atoms with Crippen LogP contribution in [-0.4, -0.2) is 118 Å². The summed E-state index contributed by atoms with van der Waals surface area (Å²) in [5.74, 6) is 0. The molecule has 0 aliphatic rings. The van der Waals surface area contributed by atoms with Crippen LogP contribution in [0.1, 0.15) is 76.2 Å². The Kier molecular flexibility index (Phi) is 23.2. The summed E-state index contributed by atoms with van der Waals surface area (Å²) in [6, 6.07) is 0. The number of hydrogen-bond acceptors (Lipinski definition) is 15. The molecule has 0 unspecified atom stereocenters. The van der Waals surface area contributed by atoms with Gasteiger partial charge in [0.1, 0.15) is 0 Å². The first-order valence-electron chi connectivity index (χ1n) is 15.3. The van der Waals surface area contributed by atoms with E-state index in [1.807, 2.05) is 13.8 Å². The van der Waals surface area contributed by atoms with Gasteiger partial charge in [0, 0.05) is 79.2 Å². The average molecular weight is 715 g/mol. The molecule has 0 aliphatic carbocycles. The van der Waals surface area contributed by atoms with Crippen molar-refractivity contribution in [3.8, 4) is 0 Å². The van der Waals surface area contributed by atoms with E-state index in [2.05, 4.69) is 0 Å². The van der Waals surface area contributed by atoms with Gasteiger partial charge < -0.3 is 65.1 Å². The average Bonchev–Trinajstić information content (AvgIpc) is 2.90. The maximum Gasteiger partial charge on any atom is 0.673 e. The predicted octanol–water partition coefficient (Wildman–Crippen LogP) is 3.77. The van der Waals surface area contributed by atoms with E-state index in [4.69, 9.17) is 65.1 Å². The molecule has 0 aromatic heterocycles. The molecule has 43 heavy (non-hydrogen) atoms. The molecule has 0 saturated carbocycles. The molecular weight excluding hydrogens is 657 g/mol. The Bertz CT molecular complexity index is 658. The molecule has 15 nitrogen and oxygen atoms in total. The van der Waals surface area contributed by atoms with Crippen molar-refractivity contribution in [3.05, 3.63) is 0 Å². The van der Waals surface area contributed by atoms with Gasteiger partial charge in [0.2, 0.25) is 0 Å². The maximum absolute atomic E-state index is 6.63. The lowest BCUT2D eigenvalue weighted by molar-refractivity contribution is -0.0816. The Balaban J connectivity index is 7.22. The van der Waals surface area contributed by atoms with Gasteiger partial charge in [-0.2, -0.15) is 0 Å². The zero-order valence-electron chi connectivity index (χ0n) is 28.4. The molecular formula is C23H58O15Si5. The van der Waals surface area contributed by atoms with Crippen LogP contribution in [0.15, 0.2) is 0 Å². The molecule has 20 heteroatoms. The first kappa shape index (κ1) is 43.5. The maximum atomic E-state index is 6.63. The van der Waals surface area contributed by atoms with Crippen molar-refractivity contribution in [2.45, 2.75) is 82.7 Å². The van der Waals surface area contributed by atoms with Gasteiger partial charge in [0.25, 0.3) is 0 Å².